The average molecular weight is 736 g/mol. The van der Waals surface area contributed by atoms with Gasteiger partial charge in [0.2, 0.25) is 5.79 Å². The Hall–Kier alpha value is -4.36. The third-order valence-electron chi connectivity index (χ3n) is 9.36. The molecule has 4 aromatic rings. The summed E-state index contributed by atoms with van der Waals surface area (Å²) < 4.78 is 21.9. The topological polar surface area (TPSA) is 105 Å². The van der Waals surface area contributed by atoms with E-state index >= 15 is 0 Å². The van der Waals surface area contributed by atoms with E-state index in [1.807, 2.05) is 31.2 Å². The predicted molar refractivity (Wildman–Crippen MR) is 200 cm³/mol. The highest BCUT2D eigenvalue weighted by molar-refractivity contribution is 6.35. The van der Waals surface area contributed by atoms with Crippen molar-refractivity contribution in [2.45, 2.75) is 58.1 Å². The molecule has 2 saturated heterocycles. The maximum absolute atomic E-state index is 13.0. The van der Waals surface area contributed by atoms with Gasteiger partial charge in [0.25, 0.3) is 0 Å². The van der Waals surface area contributed by atoms with Crippen molar-refractivity contribution < 1.29 is 14.2 Å². The number of hydrogen-bond donors (Lipinski definition) is 0. The number of ether oxygens (including phenoxy) is 3. The molecule has 4 heterocycles. The fourth-order valence-electron chi connectivity index (χ4n) is 6.34. The number of allylic oxidation sites excluding steroid dienone is 3. The number of rotatable bonds is 14. The van der Waals surface area contributed by atoms with Gasteiger partial charge >= 0.3 is 5.69 Å². The van der Waals surface area contributed by atoms with Crippen LogP contribution in [0.2, 0.25) is 0 Å². The lowest BCUT2D eigenvalue weighted by Crippen LogP contribution is -2.46. The molecule has 0 N–H and O–H groups in total. The van der Waals surface area contributed by atoms with Crippen LogP contribution in [0.25, 0.3) is 5.69 Å². The van der Waals surface area contributed by atoms with Crippen molar-refractivity contribution in [3.8, 4) is 11.4 Å². The second kappa shape index (κ2) is 16.3. The number of anilines is 2. The van der Waals surface area contributed by atoms with Crippen molar-refractivity contribution in [2.75, 3.05) is 49.2 Å². The van der Waals surface area contributed by atoms with E-state index < -0.39 is 5.79 Å². The summed E-state index contributed by atoms with van der Waals surface area (Å²) in [7, 11) is 0. The van der Waals surface area contributed by atoms with Gasteiger partial charge in [-0.05, 0) is 74.4 Å². The molecule has 0 radical (unpaired) electrons. The molecule has 0 unspecified atom stereocenters. The first-order valence-corrected chi connectivity index (χ1v) is 18.0. The van der Waals surface area contributed by atoms with Crippen molar-refractivity contribution in [2.24, 2.45) is 0 Å². The van der Waals surface area contributed by atoms with Crippen LogP contribution in [0.1, 0.15) is 39.7 Å². The van der Waals surface area contributed by atoms with Gasteiger partial charge in [-0.2, -0.15) is 20.1 Å². The quantitative estimate of drug-likeness (QED) is 0.138. The lowest BCUT2D eigenvalue weighted by atomic mass is 10.1. The third-order valence-corrected chi connectivity index (χ3v) is 10.0. The van der Waals surface area contributed by atoms with Crippen LogP contribution in [0, 0.1) is 0 Å². The number of hydrogen-bond acceptors (Lipinski definition) is 9. The van der Waals surface area contributed by atoms with Gasteiger partial charge in [-0.15, -0.1) is 0 Å². The van der Waals surface area contributed by atoms with Crippen molar-refractivity contribution in [1.29, 1.82) is 0 Å². The minimum absolute atomic E-state index is 0.102. The van der Waals surface area contributed by atoms with Crippen molar-refractivity contribution in [3.63, 3.8) is 0 Å². The monoisotopic (exact) mass is 734 g/mol. The molecule has 6 rings (SSSR count). The predicted octanol–water partition coefficient (Wildman–Crippen LogP) is 6.33. The molecular formula is C37H44Cl2N8O4. The largest absolute Gasteiger partial charge is 0.491 e. The van der Waals surface area contributed by atoms with Crippen molar-refractivity contribution in [3.05, 3.63) is 112 Å². The van der Waals surface area contributed by atoms with Gasteiger partial charge in [0.05, 0.1) is 35.8 Å². The van der Waals surface area contributed by atoms with Gasteiger partial charge in [-0.25, -0.2) is 14.0 Å². The first-order chi connectivity index (χ1) is 24.7. The summed E-state index contributed by atoms with van der Waals surface area (Å²) in [6.45, 7) is 14.4. The van der Waals surface area contributed by atoms with Crippen LogP contribution >= 0.6 is 23.2 Å². The highest BCUT2D eigenvalue weighted by Gasteiger charge is 2.46. The Bertz CT molecular complexity index is 1880. The number of benzene rings is 2. The molecule has 14 heteroatoms. The third kappa shape index (κ3) is 8.25. The standard InChI is InChI=1S/C37H44Cl2N8O4/c1-5-28(38)22-35(39)27(4)37(25-46-40-16-17-41-46)50-24-34(51-37)23-49-33-14-12-31(13-15-33)44-20-18-43(19-21-44)30-8-10-32(11-9-30)45-26-42-47(36(45)48)29(6-2)7-3/h5,8-17,22,26,29,34H,4,6-7,18-21,23-25H2,1-3H3/b28-5+,35-22+/t34-,37-/m1/s1. The van der Waals surface area contributed by atoms with E-state index in [2.05, 4.69) is 69.8 Å². The molecule has 2 fully saturated rings. The molecule has 2 aliphatic heterocycles. The zero-order valence-electron chi connectivity index (χ0n) is 29.2. The van der Waals surface area contributed by atoms with E-state index in [1.54, 1.807) is 40.1 Å². The zero-order valence-corrected chi connectivity index (χ0v) is 30.7. The van der Waals surface area contributed by atoms with Gasteiger partial charge in [0.15, 0.2) is 0 Å². The molecule has 12 nitrogen and oxygen atoms in total. The molecule has 270 valence electrons. The van der Waals surface area contributed by atoms with Crippen LogP contribution < -0.4 is 20.2 Å². The molecule has 2 atom stereocenters. The minimum Gasteiger partial charge on any atom is -0.491 e. The fourth-order valence-corrected chi connectivity index (χ4v) is 6.76. The fraction of sp³-hybridized carbons (Fsp3) is 0.405. The minimum atomic E-state index is -1.28. The number of aromatic nitrogens is 6. The van der Waals surface area contributed by atoms with Crippen LogP contribution in [0.4, 0.5) is 11.4 Å². The van der Waals surface area contributed by atoms with Crippen LogP contribution in [-0.4, -0.2) is 80.6 Å². The van der Waals surface area contributed by atoms with Crippen LogP contribution in [-0.2, 0) is 16.0 Å². The normalized spacial score (nSPS) is 20.0. The van der Waals surface area contributed by atoms with Gasteiger partial charge in [0, 0.05) is 48.2 Å². The van der Waals surface area contributed by atoms with E-state index in [9.17, 15) is 4.79 Å². The van der Waals surface area contributed by atoms with E-state index in [-0.39, 0.29) is 37.6 Å². The SMILES string of the molecule is C=C(/C(Cl)=C\C(Cl)=C/C)[C@]1(Cn2nccn2)OC[C@@H](COc2ccc(N3CCN(c4ccc(-n5cnn(C(CC)CC)c5=O)cc4)CC3)cc2)O1. The van der Waals surface area contributed by atoms with Gasteiger partial charge in [-0.1, -0.05) is 49.7 Å². The van der Waals surface area contributed by atoms with E-state index in [4.69, 9.17) is 37.4 Å². The molecular weight excluding hydrogens is 691 g/mol. The first kappa shape index (κ1) is 36.4. The van der Waals surface area contributed by atoms with Gasteiger partial charge in [0.1, 0.15) is 31.3 Å². The summed E-state index contributed by atoms with van der Waals surface area (Å²) in [5.41, 5.74) is 3.40. The Kier molecular flexibility index (Phi) is 11.7. The zero-order chi connectivity index (χ0) is 36.0. The molecule has 0 amide bonds. The smallest absolute Gasteiger partial charge is 0.350 e. The van der Waals surface area contributed by atoms with E-state index in [0.29, 0.717) is 15.6 Å². The first-order valence-electron chi connectivity index (χ1n) is 17.3. The second-order valence-electron chi connectivity index (χ2n) is 12.5. The van der Waals surface area contributed by atoms with Crippen molar-refractivity contribution >= 4 is 34.6 Å². The number of piperazine rings is 1. The van der Waals surface area contributed by atoms with Crippen LogP contribution in [0.3, 0.4) is 0 Å². The highest BCUT2D eigenvalue weighted by Crippen LogP contribution is 2.38. The molecule has 0 spiro atoms. The maximum Gasteiger partial charge on any atom is 0.350 e. The lowest BCUT2D eigenvalue weighted by Gasteiger charge is -2.37. The average Bonchev–Trinajstić information content (AvgIpc) is 3.93. The summed E-state index contributed by atoms with van der Waals surface area (Å²) in [6, 6.07) is 16.4. The molecule has 51 heavy (non-hydrogen) atoms. The molecule has 2 aromatic heterocycles. The van der Waals surface area contributed by atoms with Crippen LogP contribution in [0.5, 0.6) is 5.75 Å². The summed E-state index contributed by atoms with van der Waals surface area (Å²) in [5.74, 6) is -0.552. The van der Waals surface area contributed by atoms with Gasteiger partial charge < -0.3 is 24.0 Å². The Labute approximate surface area is 308 Å². The van der Waals surface area contributed by atoms with Crippen molar-refractivity contribution in [1.82, 2.24) is 29.3 Å². The lowest BCUT2D eigenvalue weighted by molar-refractivity contribution is -0.152. The summed E-state index contributed by atoms with van der Waals surface area (Å²) in [4.78, 5) is 19.2. The molecule has 0 saturated carbocycles. The Morgan fingerprint density at radius 2 is 1.55 bits per heavy atom. The maximum atomic E-state index is 13.0. The molecule has 0 bridgehead atoms. The van der Waals surface area contributed by atoms with Gasteiger partial charge in [-0.3, -0.25) is 0 Å². The van der Waals surface area contributed by atoms with E-state index in [0.717, 1.165) is 61.8 Å². The molecule has 2 aromatic carbocycles. The summed E-state index contributed by atoms with van der Waals surface area (Å²) >= 11 is 12.8. The Balaban J connectivity index is 1.01. The Morgan fingerprint density at radius 1 is 0.961 bits per heavy atom. The molecule has 2 aliphatic rings. The number of halogens is 2. The number of nitrogens with zero attached hydrogens (tertiary/aromatic N) is 8. The summed E-state index contributed by atoms with van der Waals surface area (Å²) in [5, 5.41) is 13.6. The second-order valence-corrected chi connectivity index (χ2v) is 13.3. The summed E-state index contributed by atoms with van der Waals surface area (Å²) in [6.07, 6.45) is 9.48. The van der Waals surface area contributed by atoms with Crippen LogP contribution in [0.15, 0.2) is 106 Å². The Morgan fingerprint density at radius 3 is 2.14 bits per heavy atom. The molecule has 0 aliphatic carbocycles. The highest BCUT2D eigenvalue weighted by atomic mass is 35.5. The van der Waals surface area contributed by atoms with E-state index in [1.165, 1.54) is 4.80 Å².